The highest BCUT2D eigenvalue weighted by atomic mass is 19.1. The first kappa shape index (κ1) is 14.7. The van der Waals surface area contributed by atoms with Gasteiger partial charge in [0.2, 0.25) is 0 Å². The molecule has 0 aliphatic carbocycles. The third kappa shape index (κ3) is 2.91. The van der Waals surface area contributed by atoms with Gasteiger partial charge in [0, 0.05) is 12.0 Å². The van der Waals surface area contributed by atoms with Crippen molar-refractivity contribution >= 4 is 0 Å². The van der Waals surface area contributed by atoms with E-state index in [0.29, 0.717) is 18.4 Å². The summed E-state index contributed by atoms with van der Waals surface area (Å²) in [6.45, 7) is 5.93. The highest BCUT2D eigenvalue weighted by molar-refractivity contribution is 5.34. The number of aliphatic hydroxyl groups is 1. The van der Waals surface area contributed by atoms with Gasteiger partial charge in [-0.2, -0.15) is 0 Å². The lowest BCUT2D eigenvalue weighted by Crippen LogP contribution is -2.29. The molecule has 20 heavy (non-hydrogen) atoms. The van der Waals surface area contributed by atoms with Gasteiger partial charge in [0.1, 0.15) is 5.82 Å². The SMILES string of the molecule is CCC(O)(Cc1cc(C)ccc1C)c1ccccc1F. The second-order valence-electron chi connectivity index (χ2n) is 5.47. The summed E-state index contributed by atoms with van der Waals surface area (Å²) in [5, 5.41) is 10.9. The molecule has 0 heterocycles. The van der Waals surface area contributed by atoms with Crippen molar-refractivity contribution in [1.29, 1.82) is 0 Å². The maximum absolute atomic E-state index is 14.0. The summed E-state index contributed by atoms with van der Waals surface area (Å²) in [4.78, 5) is 0. The molecule has 2 heteroatoms. The average molecular weight is 272 g/mol. The van der Waals surface area contributed by atoms with Gasteiger partial charge in [0.25, 0.3) is 0 Å². The lowest BCUT2D eigenvalue weighted by Gasteiger charge is -2.28. The van der Waals surface area contributed by atoms with Gasteiger partial charge in [-0.15, -0.1) is 0 Å². The number of aryl methyl sites for hydroxylation is 2. The molecule has 2 aromatic rings. The largest absolute Gasteiger partial charge is 0.385 e. The van der Waals surface area contributed by atoms with Gasteiger partial charge in [-0.25, -0.2) is 4.39 Å². The van der Waals surface area contributed by atoms with Crippen molar-refractivity contribution < 1.29 is 9.50 Å². The quantitative estimate of drug-likeness (QED) is 0.880. The highest BCUT2D eigenvalue weighted by Crippen LogP contribution is 2.32. The fourth-order valence-electron chi connectivity index (χ4n) is 2.56. The predicted octanol–water partition coefficient (Wildman–Crippen LogP) is 4.28. The maximum Gasteiger partial charge on any atom is 0.129 e. The molecular formula is C18H21FO. The van der Waals surface area contributed by atoms with Gasteiger partial charge >= 0.3 is 0 Å². The maximum atomic E-state index is 14.0. The summed E-state index contributed by atoms with van der Waals surface area (Å²) in [6.07, 6.45) is 0.902. The van der Waals surface area contributed by atoms with Crippen LogP contribution in [0.5, 0.6) is 0 Å². The summed E-state index contributed by atoms with van der Waals surface area (Å²) in [7, 11) is 0. The van der Waals surface area contributed by atoms with Crippen molar-refractivity contribution in [2.24, 2.45) is 0 Å². The first-order valence-corrected chi connectivity index (χ1v) is 7.00. The number of rotatable bonds is 4. The molecule has 0 saturated carbocycles. The van der Waals surface area contributed by atoms with E-state index in [1.165, 1.54) is 6.07 Å². The van der Waals surface area contributed by atoms with Gasteiger partial charge in [-0.05, 0) is 37.5 Å². The number of hydrogen-bond acceptors (Lipinski definition) is 1. The zero-order valence-corrected chi connectivity index (χ0v) is 12.3. The van der Waals surface area contributed by atoms with Crippen LogP contribution >= 0.6 is 0 Å². The molecule has 0 fully saturated rings. The van der Waals surface area contributed by atoms with Crippen LogP contribution in [0.25, 0.3) is 0 Å². The minimum Gasteiger partial charge on any atom is -0.385 e. The minimum atomic E-state index is -1.16. The lowest BCUT2D eigenvalue weighted by atomic mass is 9.83. The molecular weight excluding hydrogens is 251 g/mol. The summed E-state index contributed by atoms with van der Waals surface area (Å²) < 4.78 is 14.0. The zero-order valence-electron chi connectivity index (χ0n) is 12.3. The van der Waals surface area contributed by atoms with E-state index in [-0.39, 0.29) is 5.82 Å². The van der Waals surface area contributed by atoms with E-state index in [4.69, 9.17) is 0 Å². The smallest absolute Gasteiger partial charge is 0.129 e. The number of benzene rings is 2. The molecule has 1 unspecified atom stereocenters. The molecule has 2 aromatic carbocycles. The second kappa shape index (κ2) is 5.76. The van der Waals surface area contributed by atoms with Gasteiger partial charge in [-0.3, -0.25) is 0 Å². The Kier molecular flexibility index (Phi) is 4.24. The van der Waals surface area contributed by atoms with E-state index in [2.05, 4.69) is 6.07 Å². The van der Waals surface area contributed by atoms with Crippen LogP contribution in [-0.4, -0.2) is 5.11 Å². The molecule has 0 amide bonds. The first-order valence-electron chi connectivity index (χ1n) is 7.00. The fraction of sp³-hybridized carbons (Fsp3) is 0.333. The van der Waals surface area contributed by atoms with Gasteiger partial charge in [-0.1, -0.05) is 48.9 Å². The Morgan fingerprint density at radius 2 is 1.80 bits per heavy atom. The van der Waals surface area contributed by atoms with Crippen LogP contribution in [0.2, 0.25) is 0 Å². The average Bonchev–Trinajstić information content (AvgIpc) is 2.43. The molecule has 1 nitrogen and oxygen atoms in total. The third-order valence-corrected chi connectivity index (χ3v) is 3.95. The van der Waals surface area contributed by atoms with Crippen molar-refractivity contribution in [3.63, 3.8) is 0 Å². The first-order chi connectivity index (χ1) is 9.46. The van der Waals surface area contributed by atoms with Crippen molar-refractivity contribution in [3.8, 4) is 0 Å². The van der Waals surface area contributed by atoms with Crippen molar-refractivity contribution in [1.82, 2.24) is 0 Å². The van der Waals surface area contributed by atoms with Crippen LogP contribution in [0, 0.1) is 19.7 Å². The van der Waals surface area contributed by atoms with E-state index in [1.807, 2.05) is 32.9 Å². The zero-order chi connectivity index (χ0) is 14.8. The van der Waals surface area contributed by atoms with E-state index < -0.39 is 5.60 Å². The summed E-state index contributed by atoms with van der Waals surface area (Å²) in [5.41, 5.74) is 2.56. The van der Waals surface area contributed by atoms with Gasteiger partial charge < -0.3 is 5.11 Å². The van der Waals surface area contributed by atoms with Gasteiger partial charge in [0.15, 0.2) is 0 Å². The molecule has 0 radical (unpaired) electrons. The Morgan fingerprint density at radius 3 is 2.45 bits per heavy atom. The Hall–Kier alpha value is -1.67. The summed E-state index contributed by atoms with van der Waals surface area (Å²) >= 11 is 0. The third-order valence-electron chi connectivity index (χ3n) is 3.95. The Morgan fingerprint density at radius 1 is 1.10 bits per heavy atom. The predicted molar refractivity (Wildman–Crippen MR) is 80.2 cm³/mol. The topological polar surface area (TPSA) is 20.2 Å². The van der Waals surface area contributed by atoms with Crippen LogP contribution in [0.3, 0.4) is 0 Å². The molecule has 0 aliphatic heterocycles. The molecule has 2 rings (SSSR count). The minimum absolute atomic E-state index is 0.345. The molecule has 0 saturated heterocycles. The molecule has 1 N–H and O–H groups in total. The van der Waals surface area contributed by atoms with Crippen LogP contribution in [-0.2, 0) is 12.0 Å². The van der Waals surface area contributed by atoms with Crippen LogP contribution in [0.1, 0.15) is 35.6 Å². The van der Waals surface area contributed by atoms with E-state index in [1.54, 1.807) is 18.2 Å². The van der Waals surface area contributed by atoms with E-state index in [0.717, 1.165) is 16.7 Å². The van der Waals surface area contributed by atoms with Crippen LogP contribution in [0.15, 0.2) is 42.5 Å². The molecule has 1 atom stereocenters. The molecule has 106 valence electrons. The van der Waals surface area contributed by atoms with Gasteiger partial charge in [0.05, 0.1) is 5.60 Å². The lowest BCUT2D eigenvalue weighted by molar-refractivity contribution is 0.0290. The summed E-state index contributed by atoms with van der Waals surface area (Å²) in [5.74, 6) is -0.345. The molecule has 0 aliphatic rings. The van der Waals surface area contributed by atoms with Crippen molar-refractivity contribution in [2.45, 2.75) is 39.2 Å². The summed E-state index contributed by atoms with van der Waals surface area (Å²) in [6, 6.07) is 12.6. The van der Waals surface area contributed by atoms with E-state index >= 15 is 0 Å². The normalized spacial score (nSPS) is 14.1. The molecule has 0 spiro atoms. The number of halogens is 1. The molecule has 0 aromatic heterocycles. The highest BCUT2D eigenvalue weighted by Gasteiger charge is 2.30. The van der Waals surface area contributed by atoms with Crippen molar-refractivity contribution in [2.75, 3.05) is 0 Å². The van der Waals surface area contributed by atoms with Crippen molar-refractivity contribution in [3.05, 3.63) is 70.5 Å². The molecule has 0 bridgehead atoms. The second-order valence-corrected chi connectivity index (χ2v) is 5.47. The van der Waals surface area contributed by atoms with Crippen LogP contribution in [0.4, 0.5) is 4.39 Å². The Balaban J connectivity index is 2.42. The Labute approximate surface area is 120 Å². The monoisotopic (exact) mass is 272 g/mol. The number of hydrogen-bond donors (Lipinski definition) is 1. The van der Waals surface area contributed by atoms with E-state index in [9.17, 15) is 9.50 Å². The standard InChI is InChI=1S/C18H21FO/c1-4-18(20,16-7-5-6-8-17(16)19)12-15-11-13(2)9-10-14(15)3/h5-11,20H,4,12H2,1-3H3. The van der Waals surface area contributed by atoms with Crippen LogP contribution < -0.4 is 0 Å². The fourth-order valence-corrected chi connectivity index (χ4v) is 2.56. The Bertz CT molecular complexity index is 606.